The van der Waals surface area contributed by atoms with Crippen molar-refractivity contribution in [3.63, 3.8) is 0 Å². The summed E-state index contributed by atoms with van der Waals surface area (Å²) in [5.41, 5.74) is 2.98. The summed E-state index contributed by atoms with van der Waals surface area (Å²) in [7, 11) is 0.655. The topological polar surface area (TPSA) is 94.6 Å². The third-order valence-electron chi connectivity index (χ3n) is 6.82. The Labute approximate surface area is 231 Å². The van der Waals surface area contributed by atoms with Crippen LogP contribution in [0.4, 0.5) is 15.8 Å². The summed E-state index contributed by atoms with van der Waals surface area (Å²) in [6.07, 6.45) is 2.87. The van der Waals surface area contributed by atoms with Gasteiger partial charge in [-0.3, -0.25) is 14.5 Å². The van der Waals surface area contributed by atoms with Crippen molar-refractivity contribution in [1.82, 2.24) is 10.2 Å². The van der Waals surface area contributed by atoms with E-state index in [-0.39, 0.29) is 11.7 Å². The van der Waals surface area contributed by atoms with Crippen LogP contribution < -0.4 is 25.3 Å². The van der Waals surface area contributed by atoms with E-state index in [1.807, 2.05) is 38.1 Å². The third kappa shape index (κ3) is 7.94. The molecule has 2 aromatic rings. The number of fused-ring (bicyclic) bond motifs is 1. The molecule has 212 valence electrons. The number of piperazine rings is 1. The quantitative estimate of drug-likeness (QED) is 0.300. The van der Waals surface area contributed by atoms with Gasteiger partial charge >= 0.3 is 7.12 Å². The number of carbonyl (C=O) groups excluding carboxylic acids is 2. The lowest BCUT2D eigenvalue weighted by molar-refractivity contribution is -0.117. The smallest absolute Gasteiger partial charge is 0.494 e. The van der Waals surface area contributed by atoms with Crippen LogP contribution in [0.3, 0.4) is 0 Å². The van der Waals surface area contributed by atoms with Gasteiger partial charge in [-0.25, -0.2) is 4.39 Å². The molecule has 3 aliphatic heterocycles. The van der Waals surface area contributed by atoms with Crippen molar-refractivity contribution < 1.29 is 28.4 Å². The molecule has 3 aliphatic rings. The monoisotopic (exact) mass is 542 g/mol. The summed E-state index contributed by atoms with van der Waals surface area (Å²) >= 11 is 0. The minimum atomic E-state index is -0.908. The average molecular weight is 542 g/mol. The molecule has 2 N–H and O–H groups in total. The number of benzene rings is 2. The molecule has 11 heteroatoms. The number of halogens is 1. The van der Waals surface area contributed by atoms with Gasteiger partial charge in [0.25, 0.3) is 0 Å². The van der Waals surface area contributed by atoms with Crippen molar-refractivity contribution in [2.24, 2.45) is 0 Å². The molecule has 3 heterocycles. The van der Waals surface area contributed by atoms with Crippen molar-refractivity contribution in [3.05, 3.63) is 47.8 Å². The predicted octanol–water partition coefficient (Wildman–Crippen LogP) is 2.15. The minimum absolute atomic E-state index is 0.0703. The fraction of sp³-hybridized carbons (Fsp3) is 0.500. The van der Waals surface area contributed by atoms with Gasteiger partial charge in [0.05, 0.1) is 18.9 Å². The number of nitrogens with zero attached hydrogens (tertiary/aromatic N) is 3. The lowest BCUT2D eigenvalue weighted by Crippen LogP contribution is -2.47. The largest absolute Gasteiger partial charge is 0.495 e. The summed E-state index contributed by atoms with van der Waals surface area (Å²) in [4.78, 5) is 27.1. The van der Waals surface area contributed by atoms with Gasteiger partial charge in [0.1, 0.15) is 11.6 Å². The Morgan fingerprint density at radius 1 is 1.15 bits per heavy atom. The maximum Gasteiger partial charge on any atom is 0.495 e. The van der Waals surface area contributed by atoms with E-state index in [1.165, 1.54) is 6.07 Å². The minimum Gasteiger partial charge on any atom is -0.494 e. The predicted molar refractivity (Wildman–Crippen MR) is 152 cm³/mol. The lowest BCUT2D eigenvalue weighted by Gasteiger charge is -2.36. The van der Waals surface area contributed by atoms with Crippen LogP contribution in [0, 0.1) is 5.82 Å². The van der Waals surface area contributed by atoms with E-state index >= 15 is 0 Å². The number of nitrogens with one attached hydrogen (secondary N) is 1. The molecular weight excluding hydrogens is 502 g/mol. The van der Waals surface area contributed by atoms with Crippen LogP contribution in [0.1, 0.15) is 38.7 Å². The highest BCUT2D eigenvalue weighted by molar-refractivity contribution is 6.62. The number of hydrogen-bond acceptors (Lipinski definition) is 7. The highest BCUT2D eigenvalue weighted by atomic mass is 19.1. The van der Waals surface area contributed by atoms with Gasteiger partial charge < -0.3 is 29.5 Å². The van der Waals surface area contributed by atoms with E-state index in [2.05, 4.69) is 15.1 Å². The molecule has 2 saturated heterocycles. The molecule has 39 heavy (non-hydrogen) atoms. The highest BCUT2D eigenvalue weighted by Gasteiger charge is 2.31. The Morgan fingerprint density at radius 2 is 1.90 bits per heavy atom. The molecule has 9 nitrogen and oxygen atoms in total. The molecular formula is C28H40BFN4O5. The van der Waals surface area contributed by atoms with E-state index in [0.29, 0.717) is 49.7 Å². The van der Waals surface area contributed by atoms with Crippen LogP contribution >= 0.6 is 0 Å². The van der Waals surface area contributed by atoms with Crippen LogP contribution in [0.5, 0.6) is 5.75 Å². The molecule has 0 unspecified atom stereocenters. The molecule has 0 radical (unpaired) electrons. The fourth-order valence-corrected chi connectivity index (χ4v) is 4.90. The number of anilines is 2. The number of rotatable bonds is 8. The van der Waals surface area contributed by atoms with E-state index in [1.54, 1.807) is 18.0 Å². The molecule has 2 fully saturated rings. The SMILES string of the molecule is CC.CNC=O.O=C1CCCN1c1ccc(N2CCN(CCCOc3cccc4c3B(O)OC4)CC2)c(F)c1. The van der Waals surface area contributed by atoms with Crippen molar-refractivity contribution in [3.8, 4) is 5.75 Å². The second kappa shape index (κ2) is 15.4. The van der Waals surface area contributed by atoms with Crippen LogP contribution in [-0.4, -0.2) is 82.3 Å². The average Bonchev–Trinajstić information content (AvgIpc) is 3.58. The molecule has 0 spiro atoms. The molecule has 0 aromatic heterocycles. The maximum atomic E-state index is 14.8. The summed E-state index contributed by atoms with van der Waals surface area (Å²) in [6.45, 7) is 9.79. The zero-order valence-corrected chi connectivity index (χ0v) is 23.2. The van der Waals surface area contributed by atoms with Crippen LogP contribution in [0.25, 0.3) is 0 Å². The van der Waals surface area contributed by atoms with Gasteiger partial charge in [0.15, 0.2) is 0 Å². The van der Waals surface area contributed by atoms with Gasteiger partial charge in [-0.2, -0.15) is 0 Å². The van der Waals surface area contributed by atoms with Crippen molar-refractivity contribution in [2.75, 3.05) is 62.7 Å². The first-order valence-corrected chi connectivity index (χ1v) is 13.7. The fourth-order valence-electron chi connectivity index (χ4n) is 4.90. The van der Waals surface area contributed by atoms with Crippen molar-refractivity contribution >= 4 is 36.3 Å². The zero-order valence-electron chi connectivity index (χ0n) is 23.2. The Morgan fingerprint density at radius 3 is 2.54 bits per heavy atom. The third-order valence-corrected chi connectivity index (χ3v) is 6.82. The normalized spacial score (nSPS) is 16.6. The van der Waals surface area contributed by atoms with Gasteiger partial charge in [-0.05, 0) is 42.7 Å². The highest BCUT2D eigenvalue weighted by Crippen LogP contribution is 2.28. The molecule has 5 rings (SSSR count). The molecule has 0 aliphatic carbocycles. The Balaban J connectivity index is 0.000000644. The first-order chi connectivity index (χ1) is 19.0. The van der Waals surface area contributed by atoms with Crippen LogP contribution in [0.2, 0.25) is 0 Å². The van der Waals surface area contributed by atoms with Crippen LogP contribution in [-0.2, 0) is 20.9 Å². The molecule has 2 amide bonds. The Hall–Kier alpha value is -3.15. The molecule has 0 bridgehead atoms. The zero-order chi connectivity index (χ0) is 28.2. The van der Waals surface area contributed by atoms with Crippen molar-refractivity contribution in [1.29, 1.82) is 0 Å². The van der Waals surface area contributed by atoms with E-state index in [4.69, 9.17) is 14.2 Å². The first kappa shape index (κ1) is 30.4. The summed E-state index contributed by atoms with van der Waals surface area (Å²) < 4.78 is 26.0. The van der Waals surface area contributed by atoms with Gasteiger partial charge in [-0.1, -0.05) is 26.0 Å². The number of carbonyl (C=O) groups is 2. The van der Waals surface area contributed by atoms with Gasteiger partial charge in [0.2, 0.25) is 12.3 Å². The summed E-state index contributed by atoms with van der Waals surface area (Å²) in [6, 6.07) is 10.9. The molecule has 2 aromatic carbocycles. The van der Waals surface area contributed by atoms with Gasteiger partial charge in [-0.15, -0.1) is 0 Å². The lowest BCUT2D eigenvalue weighted by atomic mass is 9.79. The van der Waals surface area contributed by atoms with Crippen molar-refractivity contribution in [2.45, 2.75) is 39.7 Å². The Bertz CT molecular complexity index is 1080. The molecule has 0 saturated carbocycles. The number of hydrogen-bond donors (Lipinski definition) is 2. The second-order valence-corrected chi connectivity index (χ2v) is 9.21. The number of amides is 2. The standard InChI is InChI=1S/C24H29BFN3O4.C2H5NO.C2H6/c26-20-16-19(29-10-2-6-23(29)30)7-8-21(20)28-13-11-27(12-14-28)9-3-15-32-22-5-1-4-18-17-33-25(31)24(18)22;1-3-2-4;1-2/h1,4-5,7-8,16,31H,2-3,6,9-15,17H2;2H,1H3,(H,3,4);1-2H3. The van der Waals surface area contributed by atoms with E-state index in [9.17, 15) is 14.2 Å². The number of ether oxygens (including phenoxy) is 1. The summed E-state index contributed by atoms with van der Waals surface area (Å²) in [5, 5.41) is 12.2. The molecule has 0 atom stereocenters. The Kier molecular flexibility index (Phi) is 12.0. The van der Waals surface area contributed by atoms with Crippen LogP contribution in [0.15, 0.2) is 36.4 Å². The van der Waals surface area contributed by atoms with E-state index < -0.39 is 7.12 Å². The first-order valence-electron chi connectivity index (χ1n) is 13.7. The second-order valence-electron chi connectivity index (χ2n) is 9.21. The summed E-state index contributed by atoms with van der Waals surface area (Å²) in [5.74, 6) is 0.494. The van der Waals surface area contributed by atoms with E-state index in [0.717, 1.165) is 56.6 Å². The maximum absolute atomic E-state index is 14.8. The van der Waals surface area contributed by atoms with Gasteiger partial charge in [0, 0.05) is 63.9 Å².